The Hall–Kier alpha value is -2.41. The number of halogens is 2. The van der Waals surface area contributed by atoms with E-state index in [4.69, 9.17) is 0 Å². The van der Waals surface area contributed by atoms with E-state index in [1.165, 1.54) is 12.1 Å². The van der Waals surface area contributed by atoms with Crippen LogP contribution < -0.4 is 10.6 Å². The number of hydrogen-bond donors (Lipinski definition) is 2. The summed E-state index contributed by atoms with van der Waals surface area (Å²) in [5, 5.41) is 5.46. The maximum absolute atomic E-state index is 12.6. The lowest BCUT2D eigenvalue weighted by atomic mass is 9.95. The van der Waals surface area contributed by atoms with Crippen LogP contribution in [-0.2, 0) is 4.79 Å². The van der Waals surface area contributed by atoms with Gasteiger partial charge in [-0.2, -0.15) is 8.78 Å². The molecule has 0 heterocycles. The van der Waals surface area contributed by atoms with Crippen LogP contribution in [0.15, 0.2) is 53.4 Å². The summed E-state index contributed by atoms with van der Waals surface area (Å²) >= 11 is 0.334. The smallest absolute Gasteiger partial charge is 0.288 e. The van der Waals surface area contributed by atoms with Crippen molar-refractivity contribution in [1.82, 2.24) is 0 Å². The molecule has 2 rings (SSSR count). The van der Waals surface area contributed by atoms with E-state index in [2.05, 4.69) is 10.6 Å². The van der Waals surface area contributed by atoms with Gasteiger partial charge in [0.2, 0.25) is 5.91 Å². The molecular weight excluding hydrogens is 358 g/mol. The molecule has 0 radical (unpaired) electrons. The van der Waals surface area contributed by atoms with Gasteiger partial charge in [0.1, 0.15) is 0 Å². The minimum Gasteiger partial charge on any atom is -0.326 e. The number of thioether (sulfide) groups is 1. The van der Waals surface area contributed by atoms with Crippen molar-refractivity contribution in [1.29, 1.82) is 0 Å². The Labute approximate surface area is 155 Å². The summed E-state index contributed by atoms with van der Waals surface area (Å²) in [6, 6.07) is 12.8. The first-order chi connectivity index (χ1) is 12.2. The number of benzene rings is 2. The third kappa shape index (κ3) is 5.56. The Bertz CT molecular complexity index is 787. The van der Waals surface area contributed by atoms with Crippen molar-refractivity contribution >= 4 is 35.0 Å². The lowest BCUT2D eigenvalue weighted by Crippen LogP contribution is -2.27. The minimum absolute atomic E-state index is 0.118. The summed E-state index contributed by atoms with van der Waals surface area (Å²) in [7, 11) is 0. The van der Waals surface area contributed by atoms with E-state index in [0.717, 1.165) is 0 Å². The first kappa shape index (κ1) is 19.9. The standard InChI is InChI=1S/C19H20F2N2O2S/c1-19(2,3)17(25)23-13-10-8-12(9-11-13)22-16(24)14-6-4-5-7-15(14)26-18(20)21/h4-11,18H,1-3H3,(H,22,24)(H,23,25). The fraction of sp³-hybridized carbons (Fsp3) is 0.263. The van der Waals surface area contributed by atoms with E-state index in [1.54, 1.807) is 36.4 Å². The van der Waals surface area contributed by atoms with Crippen LogP contribution in [-0.4, -0.2) is 17.6 Å². The molecule has 0 spiro atoms. The predicted molar refractivity (Wildman–Crippen MR) is 101 cm³/mol. The Morgan fingerprint density at radius 2 is 1.46 bits per heavy atom. The number of carbonyl (C=O) groups excluding carboxylic acids is 2. The number of nitrogens with one attached hydrogen (secondary N) is 2. The molecule has 0 atom stereocenters. The average molecular weight is 378 g/mol. The predicted octanol–water partition coefficient (Wildman–Crippen LogP) is 5.24. The van der Waals surface area contributed by atoms with Gasteiger partial charge in [-0.15, -0.1) is 0 Å². The summed E-state index contributed by atoms with van der Waals surface area (Å²) < 4.78 is 25.2. The van der Waals surface area contributed by atoms with E-state index >= 15 is 0 Å². The van der Waals surface area contributed by atoms with Crippen LogP contribution in [0.1, 0.15) is 31.1 Å². The van der Waals surface area contributed by atoms with Crippen LogP contribution in [0.2, 0.25) is 0 Å². The van der Waals surface area contributed by atoms with Gasteiger partial charge in [-0.1, -0.05) is 44.7 Å². The molecule has 26 heavy (non-hydrogen) atoms. The fourth-order valence-electron chi connectivity index (χ4n) is 2.01. The van der Waals surface area contributed by atoms with Crippen molar-refractivity contribution in [2.24, 2.45) is 5.41 Å². The molecule has 0 aliphatic heterocycles. The largest absolute Gasteiger partial charge is 0.326 e. The van der Waals surface area contributed by atoms with Gasteiger partial charge < -0.3 is 10.6 Å². The van der Waals surface area contributed by atoms with Crippen molar-refractivity contribution in [3.63, 3.8) is 0 Å². The van der Waals surface area contributed by atoms with Gasteiger partial charge in [-0.05, 0) is 36.4 Å². The van der Waals surface area contributed by atoms with E-state index in [9.17, 15) is 18.4 Å². The molecule has 2 aromatic rings. The van der Waals surface area contributed by atoms with Crippen LogP contribution >= 0.6 is 11.8 Å². The molecule has 2 aromatic carbocycles. The Morgan fingerprint density at radius 3 is 2.00 bits per heavy atom. The molecular formula is C19H20F2N2O2S. The molecule has 0 saturated heterocycles. The quantitative estimate of drug-likeness (QED) is 0.700. The number of alkyl halides is 2. The molecule has 138 valence electrons. The van der Waals surface area contributed by atoms with E-state index in [-0.39, 0.29) is 16.4 Å². The molecule has 4 nitrogen and oxygen atoms in total. The highest BCUT2D eigenvalue weighted by atomic mass is 32.2. The molecule has 7 heteroatoms. The van der Waals surface area contributed by atoms with Gasteiger partial charge in [0.05, 0.1) is 5.56 Å². The third-order valence-electron chi connectivity index (χ3n) is 3.43. The average Bonchev–Trinajstić information content (AvgIpc) is 2.55. The highest BCUT2D eigenvalue weighted by Crippen LogP contribution is 2.29. The van der Waals surface area contributed by atoms with Crippen LogP contribution in [0.25, 0.3) is 0 Å². The highest BCUT2D eigenvalue weighted by molar-refractivity contribution is 7.99. The second-order valence-corrected chi connectivity index (χ2v) is 7.64. The maximum Gasteiger partial charge on any atom is 0.288 e. The zero-order chi connectivity index (χ0) is 19.3. The molecule has 0 aromatic heterocycles. The molecule has 2 N–H and O–H groups in total. The molecule has 2 amide bonds. The SMILES string of the molecule is CC(C)(C)C(=O)Nc1ccc(NC(=O)c2ccccc2SC(F)F)cc1. The van der Waals surface area contributed by atoms with Crippen LogP contribution in [0.3, 0.4) is 0 Å². The van der Waals surface area contributed by atoms with Gasteiger partial charge in [0.25, 0.3) is 11.7 Å². The van der Waals surface area contributed by atoms with Crippen LogP contribution in [0.5, 0.6) is 0 Å². The van der Waals surface area contributed by atoms with Gasteiger partial charge >= 0.3 is 0 Å². The molecule has 0 aliphatic rings. The molecule has 0 bridgehead atoms. The zero-order valence-electron chi connectivity index (χ0n) is 14.7. The Morgan fingerprint density at radius 1 is 0.923 bits per heavy atom. The Balaban J connectivity index is 2.08. The monoisotopic (exact) mass is 378 g/mol. The minimum atomic E-state index is -2.60. The molecule has 0 unspecified atom stereocenters. The summed E-state index contributed by atoms with van der Waals surface area (Å²) in [6.45, 7) is 5.43. The third-order valence-corrected chi connectivity index (χ3v) is 4.22. The zero-order valence-corrected chi connectivity index (χ0v) is 15.5. The van der Waals surface area contributed by atoms with Crippen molar-refractivity contribution in [2.75, 3.05) is 10.6 Å². The Kier molecular flexibility index (Phi) is 6.37. The van der Waals surface area contributed by atoms with Gasteiger partial charge in [0.15, 0.2) is 0 Å². The van der Waals surface area contributed by atoms with Crippen molar-refractivity contribution in [2.45, 2.75) is 31.4 Å². The summed E-state index contributed by atoms with van der Waals surface area (Å²) in [6.07, 6.45) is 0. The second kappa shape index (κ2) is 8.31. The van der Waals surface area contributed by atoms with Gasteiger partial charge in [0, 0.05) is 21.7 Å². The highest BCUT2D eigenvalue weighted by Gasteiger charge is 2.21. The number of carbonyl (C=O) groups is 2. The normalized spacial score (nSPS) is 11.3. The van der Waals surface area contributed by atoms with Crippen LogP contribution in [0, 0.1) is 5.41 Å². The summed E-state index contributed by atoms with van der Waals surface area (Å²) in [5.74, 6) is -3.19. The second-order valence-electron chi connectivity index (χ2n) is 6.61. The molecule has 0 saturated carbocycles. The summed E-state index contributed by atoms with van der Waals surface area (Å²) in [4.78, 5) is 24.6. The topological polar surface area (TPSA) is 58.2 Å². The van der Waals surface area contributed by atoms with Crippen molar-refractivity contribution in [3.05, 3.63) is 54.1 Å². The van der Waals surface area contributed by atoms with E-state index < -0.39 is 17.1 Å². The van der Waals surface area contributed by atoms with Crippen LogP contribution in [0.4, 0.5) is 20.2 Å². The van der Waals surface area contributed by atoms with Gasteiger partial charge in [-0.25, -0.2) is 0 Å². The first-order valence-electron chi connectivity index (χ1n) is 7.93. The number of rotatable bonds is 5. The fourth-order valence-corrected chi connectivity index (χ4v) is 2.64. The summed E-state index contributed by atoms with van der Waals surface area (Å²) in [5.41, 5.74) is 0.777. The maximum atomic E-state index is 12.6. The number of amides is 2. The van der Waals surface area contributed by atoms with Gasteiger partial charge in [-0.3, -0.25) is 9.59 Å². The molecule has 0 aliphatic carbocycles. The lowest BCUT2D eigenvalue weighted by Gasteiger charge is -2.17. The van der Waals surface area contributed by atoms with E-state index in [1.807, 2.05) is 20.8 Å². The van der Waals surface area contributed by atoms with E-state index in [0.29, 0.717) is 23.1 Å². The lowest BCUT2D eigenvalue weighted by molar-refractivity contribution is -0.123. The first-order valence-corrected chi connectivity index (χ1v) is 8.81. The number of hydrogen-bond acceptors (Lipinski definition) is 3. The number of anilines is 2. The van der Waals surface area contributed by atoms with Crippen molar-refractivity contribution < 1.29 is 18.4 Å². The van der Waals surface area contributed by atoms with Crippen molar-refractivity contribution in [3.8, 4) is 0 Å². The molecule has 0 fully saturated rings.